The van der Waals surface area contributed by atoms with Crippen molar-refractivity contribution in [3.63, 3.8) is 0 Å². The SMILES string of the molecule is Cn1cc(Nc2ncc(C(F)(F)F)c(Nc3ccsc3C(N)=O)n2)cn1. The van der Waals surface area contributed by atoms with Crippen molar-refractivity contribution in [2.75, 3.05) is 10.6 Å². The molecule has 3 heterocycles. The Morgan fingerprint density at radius 2 is 2.08 bits per heavy atom. The predicted octanol–water partition coefficient (Wildman–Crippen LogP) is 2.88. The van der Waals surface area contributed by atoms with E-state index in [9.17, 15) is 18.0 Å². The number of halogens is 3. The lowest BCUT2D eigenvalue weighted by molar-refractivity contribution is -0.137. The number of alkyl halides is 3. The van der Waals surface area contributed by atoms with Crippen molar-refractivity contribution in [1.82, 2.24) is 19.7 Å². The first kappa shape index (κ1) is 17.7. The molecular formula is C14H12F3N7OS. The van der Waals surface area contributed by atoms with Crippen molar-refractivity contribution < 1.29 is 18.0 Å². The zero-order valence-corrected chi connectivity index (χ0v) is 14.0. The van der Waals surface area contributed by atoms with Gasteiger partial charge in [0.1, 0.15) is 16.3 Å². The van der Waals surface area contributed by atoms with E-state index in [0.717, 1.165) is 11.3 Å². The molecular weight excluding hydrogens is 371 g/mol. The summed E-state index contributed by atoms with van der Waals surface area (Å²) in [7, 11) is 1.69. The molecule has 4 N–H and O–H groups in total. The summed E-state index contributed by atoms with van der Waals surface area (Å²) in [5.41, 5.74) is 4.80. The number of carbonyl (C=O) groups excluding carboxylic acids is 1. The standard InChI is InChI=1S/C14H12F3N7OS/c1-24-6-7(4-20-24)21-13-19-5-8(14(15,16)17)12(23-13)22-9-2-3-26-10(9)11(18)25/h2-6H,1H3,(H2,18,25)(H2,19,21,22,23). The minimum atomic E-state index is -4.68. The van der Waals surface area contributed by atoms with Crippen LogP contribution >= 0.6 is 11.3 Å². The van der Waals surface area contributed by atoms with Crippen molar-refractivity contribution >= 4 is 40.4 Å². The zero-order chi connectivity index (χ0) is 18.9. The second-order valence-corrected chi connectivity index (χ2v) is 6.05. The molecule has 0 atom stereocenters. The highest BCUT2D eigenvalue weighted by Gasteiger charge is 2.35. The largest absolute Gasteiger partial charge is 0.421 e. The van der Waals surface area contributed by atoms with E-state index in [1.54, 1.807) is 13.2 Å². The fourth-order valence-corrected chi connectivity index (χ4v) is 2.79. The molecule has 3 aromatic heterocycles. The van der Waals surface area contributed by atoms with Crippen molar-refractivity contribution in [2.45, 2.75) is 6.18 Å². The molecule has 0 aliphatic heterocycles. The lowest BCUT2D eigenvalue weighted by atomic mass is 10.2. The molecule has 0 aromatic carbocycles. The Balaban J connectivity index is 1.98. The van der Waals surface area contributed by atoms with Crippen molar-refractivity contribution in [3.8, 4) is 0 Å². The maximum atomic E-state index is 13.3. The summed E-state index contributed by atoms with van der Waals surface area (Å²) >= 11 is 1.01. The number of thiophene rings is 1. The van der Waals surface area contributed by atoms with Gasteiger partial charge in [0.2, 0.25) is 5.95 Å². The van der Waals surface area contributed by atoms with E-state index < -0.39 is 23.5 Å². The summed E-state index contributed by atoms with van der Waals surface area (Å²) in [6.45, 7) is 0. The van der Waals surface area contributed by atoms with Gasteiger partial charge >= 0.3 is 6.18 Å². The predicted molar refractivity (Wildman–Crippen MR) is 89.6 cm³/mol. The summed E-state index contributed by atoms with van der Waals surface area (Å²) in [5.74, 6) is -1.32. The molecule has 0 unspecified atom stereocenters. The van der Waals surface area contributed by atoms with Gasteiger partial charge in [-0.05, 0) is 11.4 Å². The number of nitrogens with two attached hydrogens (primary N) is 1. The van der Waals surface area contributed by atoms with Gasteiger partial charge in [-0.15, -0.1) is 11.3 Å². The number of rotatable bonds is 5. The minimum absolute atomic E-state index is 0.0654. The average Bonchev–Trinajstić information content (AvgIpc) is 3.15. The fourth-order valence-electron chi connectivity index (χ4n) is 2.09. The number of carbonyl (C=O) groups is 1. The van der Waals surface area contributed by atoms with Gasteiger partial charge < -0.3 is 16.4 Å². The molecule has 0 aliphatic rings. The monoisotopic (exact) mass is 383 g/mol. The highest BCUT2D eigenvalue weighted by Crippen LogP contribution is 2.36. The first-order chi connectivity index (χ1) is 12.2. The van der Waals surface area contributed by atoms with Crippen LogP contribution in [0.2, 0.25) is 0 Å². The summed E-state index contributed by atoms with van der Waals surface area (Å²) in [4.78, 5) is 19.0. The van der Waals surface area contributed by atoms with Crippen molar-refractivity contribution in [3.05, 3.63) is 40.5 Å². The van der Waals surface area contributed by atoms with Gasteiger partial charge in [-0.2, -0.15) is 23.3 Å². The van der Waals surface area contributed by atoms with E-state index in [1.165, 1.54) is 22.3 Å². The number of aromatic nitrogens is 4. The molecule has 0 aliphatic carbocycles. The molecule has 0 fully saturated rings. The summed E-state index contributed by atoms with van der Waals surface area (Å²) < 4.78 is 41.3. The Kier molecular flexibility index (Phi) is 4.50. The Bertz CT molecular complexity index is 950. The second-order valence-electron chi connectivity index (χ2n) is 5.13. The smallest absolute Gasteiger partial charge is 0.365 e. The van der Waals surface area contributed by atoms with Gasteiger partial charge in [-0.25, -0.2) is 4.98 Å². The lowest BCUT2D eigenvalue weighted by Crippen LogP contribution is -2.14. The third kappa shape index (κ3) is 3.74. The number of aryl methyl sites for hydroxylation is 1. The number of nitrogens with one attached hydrogen (secondary N) is 2. The maximum Gasteiger partial charge on any atom is 0.421 e. The molecule has 26 heavy (non-hydrogen) atoms. The number of anilines is 4. The van der Waals surface area contributed by atoms with Crippen LogP contribution in [-0.2, 0) is 13.2 Å². The molecule has 0 saturated heterocycles. The van der Waals surface area contributed by atoms with Crippen LogP contribution in [0, 0.1) is 0 Å². The Morgan fingerprint density at radius 1 is 1.31 bits per heavy atom. The Morgan fingerprint density at radius 3 is 2.69 bits per heavy atom. The normalized spacial score (nSPS) is 11.4. The first-order valence-corrected chi connectivity index (χ1v) is 7.96. The van der Waals surface area contributed by atoms with E-state index in [2.05, 4.69) is 25.7 Å². The van der Waals surface area contributed by atoms with Gasteiger partial charge in [-0.1, -0.05) is 0 Å². The number of nitrogens with zero attached hydrogens (tertiary/aromatic N) is 4. The molecule has 1 amide bonds. The van der Waals surface area contributed by atoms with Gasteiger partial charge in [0, 0.05) is 19.4 Å². The van der Waals surface area contributed by atoms with Crippen LogP contribution in [0.5, 0.6) is 0 Å². The van der Waals surface area contributed by atoms with E-state index in [4.69, 9.17) is 5.73 Å². The average molecular weight is 383 g/mol. The topological polar surface area (TPSA) is 111 Å². The number of hydrogen-bond donors (Lipinski definition) is 3. The van der Waals surface area contributed by atoms with E-state index in [-0.39, 0.29) is 16.5 Å². The summed E-state index contributed by atoms with van der Waals surface area (Å²) in [6, 6.07) is 1.45. The van der Waals surface area contributed by atoms with Crippen LogP contribution < -0.4 is 16.4 Å². The Labute approximate surface area is 148 Å². The highest BCUT2D eigenvalue weighted by atomic mass is 32.1. The van der Waals surface area contributed by atoms with Crippen LogP contribution in [0.25, 0.3) is 0 Å². The molecule has 0 saturated carbocycles. The molecule has 3 rings (SSSR count). The fraction of sp³-hybridized carbons (Fsp3) is 0.143. The zero-order valence-electron chi connectivity index (χ0n) is 13.2. The number of primary amides is 1. The number of hydrogen-bond acceptors (Lipinski definition) is 7. The molecule has 0 radical (unpaired) electrons. The van der Waals surface area contributed by atoms with E-state index >= 15 is 0 Å². The highest BCUT2D eigenvalue weighted by molar-refractivity contribution is 7.12. The summed E-state index contributed by atoms with van der Waals surface area (Å²) in [6.07, 6.45) is -0.946. The van der Waals surface area contributed by atoms with Gasteiger partial charge in [0.15, 0.2) is 0 Å². The second kappa shape index (κ2) is 6.63. The third-order valence-corrected chi connectivity index (χ3v) is 4.13. The molecule has 3 aromatic rings. The van der Waals surface area contributed by atoms with Crippen LogP contribution in [0.15, 0.2) is 30.0 Å². The third-order valence-electron chi connectivity index (χ3n) is 3.20. The molecule has 8 nitrogen and oxygen atoms in total. The molecule has 136 valence electrons. The quantitative estimate of drug-likeness (QED) is 0.625. The summed E-state index contributed by atoms with van der Waals surface area (Å²) in [5, 5.41) is 10.7. The molecule has 12 heteroatoms. The van der Waals surface area contributed by atoms with Crippen LogP contribution in [0.1, 0.15) is 15.2 Å². The van der Waals surface area contributed by atoms with Gasteiger partial charge in [0.05, 0.1) is 17.6 Å². The van der Waals surface area contributed by atoms with Gasteiger partial charge in [-0.3, -0.25) is 9.48 Å². The van der Waals surface area contributed by atoms with Crippen LogP contribution in [0.3, 0.4) is 0 Å². The van der Waals surface area contributed by atoms with Crippen LogP contribution in [-0.4, -0.2) is 25.7 Å². The molecule has 0 spiro atoms. The first-order valence-electron chi connectivity index (χ1n) is 7.08. The minimum Gasteiger partial charge on any atom is -0.365 e. The van der Waals surface area contributed by atoms with Crippen molar-refractivity contribution in [2.24, 2.45) is 12.8 Å². The maximum absolute atomic E-state index is 13.3. The van der Waals surface area contributed by atoms with Crippen LogP contribution in [0.4, 0.5) is 36.3 Å². The van der Waals surface area contributed by atoms with E-state index in [1.807, 2.05) is 0 Å². The van der Waals surface area contributed by atoms with Crippen molar-refractivity contribution in [1.29, 1.82) is 0 Å². The number of amides is 1. The molecule has 0 bridgehead atoms. The van der Waals surface area contributed by atoms with Gasteiger partial charge in [0.25, 0.3) is 5.91 Å². The lowest BCUT2D eigenvalue weighted by Gasteiger charge is -2.14. The Hall–Kier alpha value is -3.15. The van der Waals surface area contributed by atoms with E-state index in [0.29, 0.717) is 11.9 Å².